The van der Waals surface area contributed by atoms with Gasteiger partial charge in [0.05, 0.1) is 54.6 Å². The van der Waals surface area contributed by atoms with E-state index in [1.54, 1.807) is 118 Å². The highest BCUT2D eigenvalue weighted by molar-refractivity contribution is 8.00. The standard InChI is InChI=1S/C26H38N4O4S2.C14H23NO3S2.C13H21NO6S2.C3H8S.2CO2/c1-20-16-24(34-5)17-21(2)26(20)36(32,33)29(4)14-15-35-19-25(31)28(3)18-22-8-12-30(13-9-22)23-6-10-27-11-7-23;1-6-19-8-7-15(4)20(16,17)14-11(2)9-13(18-5)10-12(14)3;1-10-8-12(19-4)9-11(2)13(10)22(17,18)14(3)6-7-20-21(5,15)16;1-2-3-4;2*2-1-3/h6-7,10-11,16-17,22H,8-9,12-15,18-19H2,1-5H3;9-10H,6-8H2,1-5H3;8-9H,6-7H2,1-5H3;4H,2-3H2,1H3;;. The summed E-state index contributed by atoms with van der Waals surface area (Å²) in [7, 11) is -3.28. The first-order valence-corrected chi connectivity index (χ1v) is 36.6. The van der Waals surface area contributed by atoms with Crippen molar-refractivity contribution in [2.24, 2.45) is 5.92 Å². The Bertz CT molecular complexity index is 3220. The lowest BCUT2D eigenvalue weighted by molar-refractivity contribution is -0.193. The second-order valence-electron chi connectivity index (χ2n) is 19.8. The molecular weight excluding hydrogens is 1280 g/mol. The van der Waals surface area contributed by atoms with Crippen LogP contribution in [0.4, 0.5) is 5.69 Å². The average molecular weight is 1370 g/mol. The maximum absolute atomic E-state index is 13.1. The number of thioether (sulfide) groups is 2. The lowest BCUT2D eigenvalue weighted by Crippen LogP contribution is -2.40. The molecule has 496 valence electrons. The minimum absolute atomic E-state index is 0.0691. The summed E-state index contributed by atoms with van der Waals surface area (Å²) in [4.78, 5) is 54.3. The molecule has 88 heavy (non-hydrogen) atoms. The van der Waals surface area contributed by atoms with Crippen molar-refractivity contribution in [1.29, 1.82) is 0 Å². The number of nitrogens with zero attached hydrogens (tertiary/aromatic N) is 6. The molecule has 0 bridgehead atoms. The molecular formula is C58H90N6O17S7. The molecule has 23 nitrogen and oxygen atoms in total. The number of amides is 1. The highest BCUT2D eigenvalue weighted by atomic mass is 32.2. The third-order valence-electron chi connectivity index (χ3n) is 13.1. The zero-order valence-corrected chi connectivity index (χ0v) is 59.3. The molecule has 1 amide bonds. The molecule has 1 aliphatic rings. The number of aryl methyl sites for hydroxylation is 6. The Morgan fingerprint density at radius 1 is 0.614 bits per heavy atom. The van der Waals surface area contributed by atoms with E-state index in [0.717, 1.165) is 71.4 Å². The second-order valence-corrected chi connectivity index (χ2v) is 30.4. The summed E-state index contributed by atoms with van der Waals surface area (Å²) >= 11 is 7.13. The molecule has 1 fully saturated rings. The van der Waals surface area contributed by atoms with Gasteiger partial charge in [-0.3, -0.25) is 14.0 Å². The van der Waals surface area contributed by atoms with Gasteiger partial charge in [-0.05, 0) is 160 Å². The number of methoxy groups -OCH3 is 3. The predicted molar refractivity (Wildman–Crippen MR) is 349 cm³/mol. The molecule has 4 aromatic rings. The van der Waals surface area contributed by atoms with Crippen LogP contribution in [0.25, 0.3) is 0 Å². The minimum atomic E-state index is -3.74. The largest absolute Gasteiger partial charge is 0.497 e. The molecule has 0 atom stereocenters. The number of hydrogen-bond donors (Lipinski definition) is 1. The minimum Gasteiger partial charge on any atom is -0.497 e. The highest BCUT2D eigenvalue weighted by Crippen LogP contribution is 2.31. The summed E-state index contributed by atoms with van der Waals surface area (Å²) in [6.45, 7) is 18.0. The van der Waals surface area contributed by atoms with E-state index in [4.69, 9.17) is 33.4 Å². The normalized spacial score (nSPS) is 12.4. The first-order valence-electron chi connectivity index (χ1n) is 27.5. The lowest BCUT2D eigenvalue weighted by Gasteiger charge is -2.35. The Morgan fingerprint density at radius 3 is 1.25 bits per heavy atom. The first kappa shape index (κ1) is 82.9. The van der Waals surface area contributed by atoms with Gasteiger partial charge in [-0.15, -0.1) is 0 Å². The van der Waals surface area contributed by atoms with Crippen LogP contribution < -0.4 is 19.1 Å². The number of sulfonamides is 3. The summed E-state index contributed by atoms with van der Waals surface area (Å²) in [5.74, 6) is 6.20. The van der Waals surface area contributed by atoms with Crippen LogP contribution in [0.1, 0.15) is 66.5 Å². The number of hydrogen-bond acceptors (Lipinski definition) is 22. The number of rotatable bonds is 26. The number of benzene rings is 3. The smallest absolute Gasteiger partial charge is 0.373 e. The number of pyridine rings is 1. The maximum Gasteiger partial charge on any atom is 0.373 e. The fourth-order valence-electron chi connectivity index (χ4n) is 8.67. The first-order chi connectivity index (χ1) is 41.2. The molecule has 5 rings (SSSR count). The van der Waals surface area contributed by atoms with Crippen molar-refractivity contribution >= 4 is 100 Å². The molecule has 1 aliphatic heterocycles. The molecule has 0 N–H and O–H groups in total. The quantitative estimate of drug-likeness (QED) is 0.0369. The number of ether oxygens (including phenoxy) is 3. The SMILES string of the molecule is CCCS.CCSCCN(C)S(=O)(=O)c1c(C)cc(OC)cc1C.COc1cc(C)c(S(=O)(=O)N(C)CCOS(C)(=O)=O)c(C)c1.COc1cc(C)c(S(=O)(=O)N(C)CCSCC(=O)N(C)CC2CCN(c3ccncc3)CC2)c(C)c1.O=C=O.O=C=O. The van der Waals surface area contributed by atoms with E-state index in [2.05, 4.69) is 40.5 Å². The predicted octanol–water partition coefficient (Wildman–Crippen LogP) is 7.19. The van der Waals surface area contributed by atoms with Crippen molar-refractivity contribution in [2.45, 2.75) is 89.3 Å². The number of aromatic nitrogens is 1. The third kappa shape index (κ3) is 28.4. The Balaban J connectivity index is 0.00000125. The van der Waals surface area contributed by atoms with Crippen molar-refractivity contribution in [3.05, 3.63) is 94.3 Å². The number of anilines is 1. The number of carbonyl (C=O) groups excluding carboxylic acids is 5. The maximum atomic E-state index is 13.1. The van der Waals surface area contributed by atoms with Crippen LogP contribution in [0, 0.1) is 47.5 Å². The van der Waals surface area contributed by atoms with Crippen LogP contribution in [0.5, 0.6) is 17.2 Å². The van der Waals surface area contributed by atoms with Crippen LogP contribution in [-0.4, -0.2) is 205 Å². The van der Waals surface area contributed by atoms with Gasteiger partial charge in [0.25, 0.3) is 10.1 Å². The van der Waals surface area contributed by atoms with Crippen molar-refractivity contribution < 1.29 is 76.0 Å². The number of likely N-dealkylation sites (N-methyl/N-ethyl adjacent to an activating group) is 1. The molecule has 1 aromatic heterocycles. The van der Waals surface area contributed by atoms with Crippen molar-refractivity contribution in [3.63, 3.8) is 0 Å². The average Bonchev–Trinajstić information content (AvgIpc) is 1.82. The number of carbonyl (C=O) groups is 1. The van der Waals surface area contributed by atoms with Crippen LogP contribution in [0.2, 0.25) is 0 Å². The van der Waals surface area contributed by atoms with Crippen LogP contribution in [0.15, 0.2) is 75.6 Å². The molecule has 0 spiro atoms. The summed E-state index contributed by atoms with van der Waals surface area (Å²) in [6.07, 6.45) is 8.35. The molecule has 0 saturated carbocycles. The van der Waals surface area contributed by atoms with Gasteiger partial charge >= 0.3 is 12.3 Å². The van der Waals surface area contributed by atoms with Gasteiger partial charge < -0.3 is 24.0 Å². The van der Waals surface area contributed by atoms with Gasteiger partial charge in [-0.1, -0.05) is 13.8 Å². The topological polar surface area (TPSA) is 288 Å². The monoisotopic (exact) mass is 1370 g/mol. The van der Waals surface area contributed by atoms with Crippen molar-refractivity contribution in [3.8, 4) is 17.2 Å². The van der Waals surface area contributed by atoms with E-state index in [1.165, 1.54) is 46.6 Å². The van der Waals surface area contributed by atoms with E-state index in [9.17, 15) is 38.5 Å². The lowest BCUT2D eigenvalue weighted by atomic mass is 9.96. The molecule has 0 aliphatic carbocycles. The fourth-order valence-corrected chi connectivity index (χ4v) is 15.6. The van der Waals surface area contributed by atoms with Crippen molar-refractivity contribution in [2.75, 3.05) is 135 Å². The van der Waals surface area contributed by atoms with Gasteiger partial charge in [-0.25, -0.2) is 33.9 Å². The molecule has 3 aromatic carbocycles. The van der Waals surface area contributed by atoms with E-state index in [-0.39, 0.29) is 36.3 Å². The third-order valence-corrected chi connectivity index (χ3v) is 22.4. The van der Waals surface area contributed by atoms with E-state index in [1.807, 2.05) is 36.5 Å². The summed E-state index contributed by atoms with van der Waals surface area (Å²) in [5.41, 5.74) is 5.09. The Kier molecular flexibility index (Phi) is 39.7. The Labute approximate surface area is 537 Å². The van der Waals surface area contributed by atoms with E-state index in [0.29, 0.717) is 79.8 Å². The van der Waals surface area contributed by atoms with E-state index < -0.39 is 40.2 Å². The van der Waals surface area contributed by atoms with Gasteiger partial charge in [-0.2, -0.15) is 68.1 Å². The summed E-state index contributed by atoms with van der Waals surface area (Å²) in [6, 6.07) is 14.3. The van der Waals surface area contributed by atoms with Crippen LogP contribution in [0.3, 0.4) is 0 Å². The highest BCUT2D eigenvalue weighted by Gasteiger charge is 2.29. The fraction of sp³-hybridized carbons (Fsp3) is 0.552. The zero-order valence-electron chi connectivity index (χ0n) is 53.5. The van der Waals surface area contributed by atoms with Crippen molar-refractivity contribution in [1.82, 2.24) is 22.8 Å². The molecule has 0 unspecified atom stereocenters. The van der Waals surface area contributed by atoms with Gasteiger partial charge in [0, 0.05) is 97.0 Å². The zero-order chi connectivity index (χ0) is 67.6. The van der Waals surface area contributed by atoms with Gasteiger partial charge in [0.1, 0.15) is 17.2 Å². The van der Waals surface area contributed by atoms with Crippen LogP contribution >= 0.6 is 36.2 Å². The molecule has 30 heteroatoms. The molecule has 0 radical (unpaired) electrons. The Hall–Kier alpha value is -5.07. The van der Waals surface area contributed by atoms with Gasteiger partial charge in [0.15, 0.2) is 0 Å². The summed E-state index contributed by atoms with van der Waals surface area (Å²) in [5, 5.41) is 0. The van der Waals surface area contributed by atoms with Crippen LogP contribution in [-0.2, 0) is 68.3 Å². The van der Waals surface area contributed by atoms with Gasteiger partial charge in [0.2, 0.25) is 36.0 Å². The number of piperidine rings is 1. The Morgan fingerprint density at radius 2 is 0.943 bits per heavy atom. The summed E-state index contributed by atoms with van der Waals surface area (Å²) < 4.78 is 123. The number of thiol groups is 1. The molecule has 2 heterocycles. The van der Waals surface area contributed by atoms with E-state index >= 15 is 0 Å². The second kappa shape index (κ2) is 42.1. The molecule has 1 saturated heterocycles.